The molecule has 1 amide bonds. The van der Waals surface area contributed by atoms with E-state index in [2.05, 4.69) is 27.8 Å². The normalized spacial score (nSPS) is 20.3. The second-order valence-electron chi connectivity index (χ2n) is 8.71. The third-order valence-electron chi connectivity index (χ3n) is 6.43. The van der Waals surface area contributed by atoms with Crippen molar-refractivity contribution in [3.8, 4) is 5.88 Å². The highest BCUT2D eigenvalue weighted by molar-refractivity contribution is 5.80. The molecular formula is C24H30N4O4. The summed E-state index contributed by atoms with van der Waals surface area (Å²) in [6.45, 7) is 0.984. The van der Waals surface area contributed by atoms with Gasteiger partial charge in [0.1, 0.15) is 5.82 Å². The molecule has 2 aromatic rings. The van der Waals surface area contributed by atoms with Crippen LogP contribution in [0.4, 0.5) is 5.82 Å². The maximum absolute atomic E-state index is 12.7. The number of fused-ring (bicyclic) bond motifs is 1. The standard InChI is InChI=1S/C24H30N4O4/c1-32-21-9-6-17(14-26-21)20(13-22(29)30)28-24(31)18-11-15(12-18)4-7-19-8-5-16-3-2-10-25-23(16)27-19/h5-6,8-9,14-15,18,20H,2-4,7,10-13H2,1H3,(H,25,27)(H,28,31)(H,29,30)/t15?,18?,20-/m0/s1. The summed E-state index contributed by atoms with van der Waals surface area (Å²) in [5.41, 5.74) is 3.05. The summed E-state index contributed by atoms with van der Waals surface area (Å²) < 4.78 is 5.05. The third-order valence-corrected chi connectivity index (χ3v) is 6.43. The Morgan fingerprint density at radius 1 is 1.28 bits per heavy atom. The van der Waals surface area contributed by atoms with Gasteiger partial charge in [-0.15, -0.1) is 0 Å². The van der Waals surface area contributed by atoms with Gasteiger partial charge in [0.2, 0.25) is 11.8 Å². The van der Waals surface area contributed by atoms with E-state index in [0.29, 0.717) is 17.4 Å². The lowest BCUT2D eigenvalue weighted by Crippen LogP contribution is -2.41. The topological polar surface area (TPSA) is 113 Å². The molecule has 2 aromatic heterocycles. The molecule has 8 heteroatoms. The van der Waals surface area contributed by atoms with Crippen LogP contribution in [-0.4, -0.2) is 40.6 Å². The van der Waals surface area contributed by atoms with E-state index in [1.54, 1.807) is 18.3 Å². The molecule has 0 bridgehead atoms. The van der Waals surface area contributed by atoms with E-state index < -0.39 is 12.0 Å². The molecular weight excluding hydrogens is 408 g/mol. The first-order chi connectivity index (χ1) is 15.5. The van der Waals surface area contributed by atoms with Crippen LogP contribution in [0, 0.1) is 11.8 Å². The minimum Gasteiger partial charge on any atom is -0.481 e. The zero-order valence-corrected chi connectivity index (χ0v) is 18.3. The minimum absolute atomic E-state index is 0.0688. The van der Waals surface area contributed by atoms with Crippen molar-refractivity contribution < 1.29 is 19.4 Å². The van der Waals surface area contributed by atoms with Gasteiger partial charge in [-0.05, 0) is 61.6 Å². The fourth-order valence-electron chi connectivity index (χ4n) is 4.48. The van der Waals surface area contributed by atoms with Crippen LogP contribution in [0.15, 0.2) is 30.5 Å². The maximum atomic E-state index is 12.7. The van der Waals surface area contributed by atoms with Crippen LogP contribution in [-0.2, 0) is 22.4 Å². The number of hydrogen-bond donors (Lipinski definition) is 3. The lowest BCUT2D eigenvalue weighted by molar-refractivity contribution is -0.138. The summed E-state index contributed by atoms with van der Waals surface area (Å²) >= 11 is 0. The van der Waals surface area contributed by atoms with E-state index in [9.17, 15) is 14.7 Å². The number of pyridine rings is 2. The average Bonchev–Trinajstić information content (AvgIpc) is 2.77. The summed E-state index contributed by atoms with van der Waals surface area (Å²) in [7, 11) is 1.52. The molecule has 0 unspecified atom stereocenters. The molecule has 0 radical (unpaired) electrons. The van der Waals surface area contributed by atoms with Gasteiger partial charge in [0.25, 0.3) is 0 Å². The van der Waals surface area contributed by atoms with E-state index in [1.807, 2.05) is 0 Å². The average molecular weight is 439 g/mol. The molecule has 170 valence electrons. The number of carbonyl (C=O) groups is 2. The van der Waals surface area contributed by atoms with Crippen LogP contribution in [0.25, 0.3) is 0 Å². The molecule has 1 aliphatic carbocycles. The first kappa shape index (κ1) is 22.0. The van der Waals surface area contributed by atoms with Gasteiger partial charge in [-0.1, -0.05) is 12.1 Å². The van der Waals surface area contributed by atoms with Crippen LogP contribution in [0.2, 0.25) is 0 Å². The number of anilines is 1. The molecule has 3 N–H and O–H groups in total. The first-order valence-electron chi connectivity index (χ1n) is 11.3. The smallest absolute Gasteiger partial charge is 0.305 e. The van der Waals surface area contributed by atoms with E-state index in [4.69, 9.17) is 9.72 Å². The van der Waals surface area contributed by atoms with E-state index in [1.165, 1.54) is 12.7 Å². The Kier molecular flexibility index (Phi) is 6.87. The highest BCUT2D eigenvalue weighted by Gasteiger charge is 2.35. The number of carbonyl (C=O) groups excluding carboxylic acids is 1. The lowest BCUT2D eigenvalue weighted by atomic mass is 9.72. The Hall–Kier alpha value is -3.16. The highest BCUT2D eigenvalue weighted by Crippen LogP contribution is 2.37. The predicted molar refractivity (Wildman–Crippen MR) is 120 cm³/mol. The minimum atomic E-state index is -0.968. The summed E-state index contributed by atoms with van der Waals surface area (Å²) in [6.07, 6.45) is 7.19. The van der Waals surface area contributed by atoms with Crippen LogP contribution in [0.5, 0.6) is 5.88 Å². The van der Waals surface area contributed by atoms with Gasteiger partial charge >= 0.3 is 5.97 Å². The number of carboxylic acids is 1. The van der Waals surface area contributed by atoms with Crippen molar-refractivity contribution in [3.63, 3.8) is 0 Å². The molecule has 8 nitrogen and oxygen atoms in total. The van der Waals surface area contributed by atoms with Crippen LogP contribution >= 0.6 is 0 Å². The Labute approximate surface area is 187 Å². The van der Waals surface area contributed by atoms with Gasteiger partial charge in [0.15, 0.2) is 0 Å². The van der Waals surface area contributed by atoms with Gasteiger partial charge in [0.05, 0.1) is 19.6 Å². The molecule has 1 aliphatic heterocycles. The molecule has 1 saturated carbocycles. The van der Waals surface area contributed by atoms with Crippen molar-refractivity contribution in [2.75, 3.05) is 19.0 Å². The summed E-state index contributed by atoms with van der Waals surface area (Å²) in [5.74, 6) is 0.846. The number of ether oxygens (including phenoxy) is 1. The number of amides is 1. The van der Waals surface area contributed by atoms with Gasteiger partial charge in [-0.2, -0.15) is 0 Å². The second kappa shape index (κ2) is 9.97. The number of nitrogens with one attached hydrogen (secondary N) is 2. The molecule has 1 fully saturated rings. The van der Waals surface area contributed by atoms with Crippen molar-refractivity contribution >= 4 is 17.7 Å². The molecule has 0 aromatic carbocycles. The highest BCUT2D eigenvalue weighted by atomic mass is 16.5. The van der Waals surface area contributed by atoms with Gasteiger partial charge in [0, 0.05) is 30.4 Å². The molecule has 3 heterocycles. The van der Waals surface area contributed by atoms with Gasteiger partial charge in [-0.3, -0.25) is 9.59 Å². The van der Waals surface area contributed by atoms with Crippen molar-refractivity contribution in [1.29, 1.82) is 0 Å². The summed E-state index contributed by atoms with van der Waals surface area (Å²) in [4.78, 5) is 32.9. The number of nitrogens with zero attached hydrogens (tertiary/aromatic N) is 2. The zero-order valence-electron chi connectivity index (χ0n) is 18.3. The Bertz CT molecular complexity index is 957. The van der Waals surface area contributed by atoms with Crippen LogP contribution in [0.3, 0.4) is 0 Å². The van der Waals surface area contributed by atoms with E-state index in [0.717, 1.165) is 56.6 Å². The van der Waals surface area contributed by atoms with E-state index >= 15 is 0 Å². The van der Waals surface area contributed by atoms with E-state index in [-0.39, 0.29) is 18.2 Å². The number of hydrogen-bond acceptors (Lipinski definition) is 6. The monoisotopic (exact) mass is 438 g/mol. The lowest BCUT2D eigenvalue weighted by Gasteiger charge is -2.35. The van der Waals surface area contributed by atoms with Crippen LogP contribution in [0.1, 0.15) is 55.0 Å². The van der Waals surface area contributed by atoms with Gasteiger partial charge in [-0.25, -0.2) is 9.97 Å². The number of rotatable bonds is 9. The maximum Gasteiger partial charge on any atom is 0.305 e. The fraction of sp³-hybridized carbons (Fsp3) is 0.500. The molecule has 0 spiro atoms. The molecule has 1 atom stereocenters. The van der Waals surface area contributed by atoms with Crippen molar-refractivity contribution in [1.82, 2.24) is 15.3 Å². The quantitative estimate of drug-likeness (QED) is 0.551. The first-order valence-corrected chi connectivity index (χ1v) is 11.3. The Balaban J connectivity index is 1.26. The second-order valence-corrected chi connectivity index (χ2v) is 8.71. The number of aryl methyl sites for hydroxylation is 2. The molecule has 2 aliphatic rings. The Morgan fingerprint density at radius 2 is 2.12 bits per heavy atom. The SMILES string of the molecule is COc1ccc([C@H](CC(=O)O)NC(=O)C2CC(CCc3ccc4c(n3)NCCC4)C2)cn1. The van der Waals surface area contributed by atoms with Crippen molar-refractivity contribution in [2.24, 2.45) is 11.8 Å². The van der Waals surface area contributed by atoms with Crippen molar-refractivity contribution in [3.05, 3.63) is 47.3 Å². The van der Waals surface area contributed by atoms with Crippen LogP contribution < -0.4 is 15.4 Å². The summed E-state index contributed by atoms with van der Waals surface area (Å²) in [6, 6.07) is 7.10. The molecule has 4 rings (SSSR count). The molecule has 32 heavy (non-hydrogen) atoms. The number of carboxylic acid groups (broad SMARTS) is 1. The van der Waals surface area contributed by atoms with Crippen molar-refractivity contribution in [2.45, 2.75) is 51.0 Å². The predicted octanol–water partition coefficient (Wildman–Crippen LogP) is 3.13. The summed E-state index contributed by atoms with van der Waals surface area (Å²) in [5, 5.41) is 15.5. The Morgan fingerprint density at radius 3 is 2.84 bits per heavy atom. The number of methoxy groups -OCH3 is 1. The number of aliphatic carboxylic acids is 1. The van der Waals surface area contributed by atoms with Gasteiger partial charge < -0.3 is 20.5 Å². The molecule has 0 saturated heterocycles. The number of aromatic nitrogens is 2. The zero-order chi connectivity index (χ0) is 22.5. The fourth-order valence-corrected chi connectivity index (χ4v) is 4.48. The third kappa shape index (κ3) is 5.36. The largest absolute Gasteiger partial charge is 0.481 e.